The van der Waals surface area contributed by atoms with E-state index in [2.05, 4.69) is 10.9 Å². The van der Waals surface area contributed by atoms with Crippen LogP contribution in [0.3, 0.4) is 0 Å². The molecule has 0 saturated carbocycles. The molecule has 0 aliphatic carbocycles. The predicted octanol–water partition coefficient (Wildman–Crippen LogP) is 2.24. The van der Waals surface area contributed by atoms with Gasteiger partial charge in [0.15, 0.2) is 6.61 Å². The molecule has 0 radical (unpaired) electrons. The highest BCUT2D eigenvalue weighted by Gasteiger charge is 2.14. The molecule has 2 aromatic rings. The van der Waals surface area contributed by atoms with Crippen molar-refractivity contribution in [2.45, 2.75) is 13.3 Å². The van der Waals surface area contributed by atoms with Crippen molar-refractivity contribution in [3.8, 4) is 11.5 Å². The summed E-state index contributed by atoms with van der Waals surface area (Å²) >= 11 is 0. The summed E-state index contributed by atoms with van der Waals surface area (Å²) in [5, 5.41) is 0. The molecule has 2 aromatic carbocycles. The number of amides is 2. The minimum absolute atomic E-state index is 0.0277. The average molecular weight is 346 g/mol. The Labute approximate surface area is 144 Å². The number of ether oxygens (including phenoxy) is 2. The van der Waals surface area contributed by atoms with Crippen LogP contribution < -0.4 is 20.3 Å². The van der Waals surface area contributed by atoms with Crippen LogP contribution in [0.4, 0.5) is 4.39 Å². The standard InChI is InChI=1S/C18H19FN2O4/c1-3-12-6-4-5-7-15(12)25-11-17(22)20-21-18(23)14-10-13(19)8-9-16(14)24-2/h4-10H,3,11H2,1-2H3,(H,20,22)(H,21,23). The molecule has 2 N–H and O–H groups in total. The predicted molar refractivity (Wildman–Crippen MR) is 89.9 cm³/mol. The molecule has 0 atom stereocenters. The molecule has 2 amide bonds. The van der Waals surface area contributed by atoms with Crippen molar-refractivity contribution < 1.29 is 23.5 Å². The van der Waals surface area contributed by atoms with Crippen LogP contribution in [-0.4, -0.2) is 25.5 Å². The number of hydrogen-bond donors (Lipinski definition) is 2. The van der Waals surface area contributed by atoms with Gasteiger partial charge in [-0.2, -0.15) is 0 Å². The zero-order chi connectivity index (χ0) is 18.2. The number of halogens is 1. The van der Waals surface area contributed by atoms with Gasteiger partial charge in [0.25, 0.3) is 11.8 Å². The number of nitrogens with one attached hydrogen (secondary N) is 2. The Bertz CT molecular complexity index is 764. The highest BCUT2D eigenvalue weighted by molar-refractivity contribution is 5.97. The summed E-state index contributed by atoms with van der Waals surface area (Å²) in [6.07, 6.45) is 0.772. The Morgan fingerprint density at radius 2 is 1.84 bits per heavy atom. The highest BCUT2D eigenvalue weighted by Crippen LogP contribution is 2.19. The van der Waals surface area contributed by atoms with E-state index in [1.54, 1.807) is 6.07 Å². The van der Waals surface area contributed by atoms with Crippen LogP contribution in [0, 0.1) is 5.82 Å². The molecule has 0 heterocycles. The summed E-state index contributed by atoms with van der Waals surface area (Å²) in [5.74, 6) is -1.02. The monoisotopic (exact) mass is 346 g/mol. The fraction of sp³-hybridized carbons (Fsp3) is 0.222. The lowest BCUT2D eigenvalue weighted by atomic mass is 10.1. The molecule has 7 heteroatoms. The van der Waals surface area contributed by atoms with E-state index in [1.165, 1.54) is 19.2 Å². The summed E-state index contributed by atoms with van der Waals surface area (Å²) in [4.78, 5) is 23.9. The fourth-order valence-corrected chi connectivity index (χ4v) is 2.17. The SMILES string of the molecule is CCc1ccccc1OCC(=O)NNC(=O)c1cc(F)ccc1OC. The first kappa shape index (κ1) is 18.3. The van der Waals surface area contributed by atoms with Gasteiger partial charge in [0.2, 0.25) is 0 Å². The van der Waals surface area contributed by atoms with Gasteiger partial charge in [0, 0.05) is 0 Å². The van der Waals surface area contributed by atoms with Crippen molar-refractivity contribution in [2.75, 3.05) is 13.7 Å². The van der Waals surface area contributed by atoms with Gasteiger partial charge in [-0.05, 0) is 36.2 Å². The summed E-state index contributed by atoms with van der Waals surface area (Å²) in [5.41, 5.74) is 5.37. The third kappa shape index (κ3) is 4.94. The van der Waals surface area contributed by atoms with Crippen LogP contribution in [0.5, 0.6) is 11.5 Å². The molecule has 0 spiro atoms. The summed E-state index contributed by atoms with van der Waals surface area (Å²) < 4.78 is 23.7. The molecule has 0 bridgehead atoms. The van der Waals surface area contributed by atoms with Gasteiger partial charge < -0.3 is 9.47 Å². The van der Waals surface area contributed by atoms with E-state index in [0.29, 0.717) is 5.75 Å². The van der Waals surface area contributed by atoms with Gasteiger partial charge in [-0.25, -0.2) is 4.39 Å². The number of hydrogen-bond acceptors (Lipinski definition) is 4. The van der Waals surface area contributed by atoms with Gasteiger partial charge in [-0.15, -0.1) is 0 Å². The highest BCUT2D eigenvalue weighted by atomic mass is 19.1. The lowest BCUT2D eigenvalue weighted by Crippen LogP contribution is -2.44. The Hall–Kier alpha value is -3.09. The minimum atomic E-state index is -0.696. The van der Waals surface area contributed by atoms with Gasteiger partial charge in [-0.3, -0.25) is 20.4 Å². The van der Waals surface area contributed by atoms with Crippen LogP contribution in [0.15, 0.2) is 42.5 Å². The molecule has 0 fully saturated rings. The smallest absolute Gasteiger partial charge is 0.276 e. The molecular formula is C18H19FN2O4. The molecule has 0 aliphatic rings. The van der Waals surface area contributed by atoms with Gasteiger partial charge in [0.1, 0.15) is 17.3 Å². The number of carbonyl (C=O) groups excluding carboxylic acids is 2. The maximum Gasteiger partial charge on any atom is 0.276 e. The molecule has 25 heavy (non-hydrogen) atoms. The molecule has 0 aromatic heterocycles. The maximum absolute atomic E-state index is 13.3. The maximum atomic E-state index is 13.3. The number of para-hydroxylation sites is 1. The molecule has 0 unspecified atom stereocenters. The van der Waals surface area contributed by atoms with Crippen LogP contribution in [-0.2, 0) is 11.2 Å². The Morgan fingerprint density at radius 3 is 2.56 bits per heavy atom. The zero-order valence-electron chi connectivity index (χ0n) is 14.0. The van der Waals surface area contributed by atoms with Gasteiger partial charge in [0.05, 0.1) is 12.7 Å². The number of benzene rings is 2. The number of hydrazine groups is 1. The average Bonchev–Trinajstić information content (AvgIpc) is 2.64. The number of rotatable bonds is 6. The van der Waals surface area contributed by atoms with E-state index in [9.17, 15) is 14.0 Å². The lowest BCUT2D eigenvalue weighted by molar-refractivity contribution is -0.123. The van der Waals surface area contributed by atoms with Crippen LogP contribution in [0.2, 0.25) is 0 Å². The summed E-state index contributed by atoms with van der Waals surface area (Å²) in [6, 6.07) is 10.9. The summed E-state index contributed by atoms with van der Waals surface area (Å²) in [6.45, 7) is 1.71. The normalized spacial score (nSPS) is 10.0. The molecule has 0 aliphatic heterocycles. The molecular weight excluding hydrogens is 327 g/mol. The third-order valence-corrected chi connectivity index (χ3v) is 3.43. The number of methoxy groups -OCH3 is 1. The first-order chi connectivity index (χ1) is 12.0. The van der Waals surface area contributed by atoms with E-state index >= 15 is 0 Å². The van der Waals surface area contributed by atoms with Crippen LogP contribution in [0.1, 0.15) is 22.8 Å². The van der Waals surface area contributed by atoms with E-state index in [1.807, 2.05) is 25.1 Å². The molecule has 0 saturated heterocycles. The summed E-state index contributed by atoms with van der Waals surface area (Å²) in [7, 11) is 1.36. The van der Waals surface area contributed by atoms with Crippen molar-refractivity contribution in [1.82, 2.24) is 10.9 Å². The second-order valence-electron chi connectivity index (χ2n) is 5.10. The Morgan fingerprint density at radius 1 is 1.08 bits per heavy atom. The van der Waals surface area contributed by atoms with E-state index in [-0.39, 0.29) is 17.9 Å². The quantitative estimate of drug-likeness (QED) is 0.787. The number of aryl methyl sites for hydroxylation is 1. The first-order valence-electron chi connectivity index (χ1n) is 7.68. The lowest BCUT2D eigenvalue weighted by Gasteiger charge is -2.12. The van der Waals surface area contributed by atoms with E-state index < -0.39 is 17.6 Å². The van der Waals surface area contributed by atoms with Crippen molar-refractivity contribution in [1.29, 1.82) is 0 Å². The van der Waals surface area contributed by atoms with Crippen molar-refractivity contribution in [3.05, 3.63) is 59.4 Å². The van der Waals surface area contributed by atoms with E-state index in [4.69, 9.17) is 9.47 Å². The Kier molecular flexibility index (Phi) is 6.33. The molecule has 2 rings (SSSR count). The van der Waals surface area contributed by atoms with Crippen LogP contribution in [0.25, 0.3) is 0 Å². The minimum Gasteiger partial charge on any atom is -0.496 e. The van der Waals surface area contributed by atoms with Gasteiger partial charge in [-0.1, -0.05) is 25.1 Å². The Balaban J connectivity index is 1.89. The third-order valence-electron chi connectivity index (χ3n) is 3.43. The zero-order valence-corrected chi connectivity index (χ0v) is 14.0. The van der Waals surface area contributed by atoms with Gasteiger partial charge >= 0.3 is 0 Å². The second-order valence-corrected chi connectivity index (χ2v) is 5.10. The largest absolute Gasteiger partial charge is 0.496 e. The number of carbonyl (C=O) groups is 2. The van der Waals surface area contributed by atoms with Crippen molar-refractivity contribution in [3.63, 3.8) is 0 Å². The van der Waals surface area contributed by atoms with Crippen molar-refractivity contribution in [2.24, 2.45) is 0 Å². The van der Waals surface area contributed by atoms with E-state index in [0.717, 1.165) is 18.1 Å². The molecule has 6 nitrogen and oxygen atoms in total. The first-order valence-corrected chi connectivity index (χ1v) is 7.68. The molecule has 132 valence electrons. The fourth-order valence-electron chi connectivity index (χ4n) is 2.17. The van der Waals surface area contributed by atoms with Crippen molar-refractivity contribution >= 4 is 11.8 Å². The topological polar surface area (TPSA) is 76.7 Å². The van der Waals surface area contributed by atoms with Crippen LogP contribution >= 0.6 is 0 Å². The second kappa shape index (κ2) is 8.68.